The summed E-state index contributed by atoms with van der Waals surface area (Å²) in [5.74, 6) is -0.372. The van der Waals surface area contributed by atoms with Crippen LogP contribution in [0, 0.1) is 37.9 Å². The van der Waals surface area contributed by atoms with E-state index in [1.165, 1.54) is 11.8 Å². The summed E-state index contributed by atoms with van der Waals surface area (Å²) in [6.45, 7) is 12.7. The predicted molar refractivity (Wildman–Crippen MR) is 194 cm³/mol. The van der Waals surface area contributed by atoms with Crippen LogP contribution in [0.1, 0.15) is 88.3 Å². The zero-order valence-electron chi connectivity index (χ0n) is 29.8. The number of amides is 1. The molecular formula is C38H44FN7O3S. The highest BCUT2D eigenvalue weighted by Crippen LogP contribution is 2.43. The van der Waals surface area contributed by atoms with Crippen LogP contribution in [-0.4, -0.2) is 66.6 Å². The first-order valence-electron chi connectivity index (χ1n) is 17.4. The summed E-state index contributed by atoms with van der Waals surface area (Å²) in [5.41, 5.74) is 5.60. The summed E-state index contributed by atoms with van der Waals surface area (Å²) in [4.78, 5) is 19.7. The van der Waals surface area contributed by atoms with E-state index in [9.17, 15) is 10.1 Å². The van der Waals surface area contributed by atoms with Crippen molar-refractivity contribution in [1.82, 2.24) is 29.4 Å². The molecule has 7 rings (SSSR count). The molecule has 0 saturated carbocycles. The highest BCUT2D eigenvalue weighted by Gasteiger charge is 2.36. The Morgan fingerprint density at radius 2 is 1.82 bits per heavy atom. The van der Waals surface area contributed by atoms with E-state index in [0.717, 1.165) is 63.3 Å². The van der Waals surface area contributed by atoms with Crippen LogP contribution in [0.2, 0.25) is 0 Å². The van der Waals surface area contributed by atoms with Crippen molar-refractivity contribution in [3.63, 3.8) is 0 Å². The number of fused-ring (bicyclic) bond motifs is 4. The number of likely N-dealkylation sites (tertiary alicyclic amines) is 1. The quantitative estimate of drug-likeness (QED) is 0.167. The number of benzene rings is 2. The van der Waals surface area contributed by atoms with Crippen molar-refractivity contribution in [2.75, 3.05) is 19.4 Å². The average Bonchev–Trinajstić information content (AvgIpc) is 3.71. The first-order valence-corrected chi connectivity index (χ1v) is 18.6. The number of hydrogen-bond acceptors (Lipinski definition) is 8. The summed E-state index contributed by atoms with van der Waals surface area (Å²) < 4.78 is 33.0. The lowest BCUT2D eigenvalue weighted by atomic mass is 9.89. The van der Waals surface area contributed by atoms with E-state index >= 15 is 4.39 Å². The molecule has 10 nitrogen and oxygen atoms in total. The predicted octanol–water partition coefficient (Wildman–Crippen LogP) is 8.94. The maximum Gasteiger partial charge on any atom is 0.410 e. The van der Waals surface area contributed by atoms with E-state index in [-0.39, 0.29) is 30.5 Å². The molecule has 0 N–H and O–H groups in total. The fourth-order valence-electron chi connectivity index (χ4n) is 7.75. The van der Waals surface area contributed by atoms with Crippen molar-refractivity contribution in [3.8, 4) is 17.2 Å². The molecule has 0 aliphatic carbocycles. The molecule has 2 saturated heterocycles. The van der Waals surface area contributed by atoms with Gasteiger partial charge in [0.2, 0.25) is 0 Å². The summed E-state index contributed by atoms with van der Waals surface area (Å²) in [7, 11) is 0. The van der Waals surface area contributed by atoms with Gasteiger partial charge in [-0.25, -0.2) is 18.9 Å². The van der Waals surface area contributed by atoms with Gasteiger partial charge in [0.05, 0.1) is 53.4 Å². The Hall–Kier alpha value is -4.21. The number of carbonyl (C=O) groups is 1. The van der Waals surface area contributed by atoms with Gasteiger partial charge in [0.1, 0.15) is 16.1 Å². The van der Waals surface area contributed by atoms with Gasteiger partial charge in [-0.1, -0.05) is 0 Å². The van der Waals surface area contributed by atoms with Crippen molar-refractivity contribution in [1.29, 1.82) is 5.26 Å². The Morgan fingerprint density at radius 1 is 1.06 bits per heavy atom. The number of ether oxygens (including phenoxy) is 2. The van der Waals surface area contributed by atoms with Gasteiger partial charge in [0, 0.05) is 29.5 Å². The molecule has 1 amide bonds. The number of halogens is 1. The third-order valence-electron chi connectivity index (χ3n) is 10.2. The number of thioether (sulfide) groups is 1. The largest absolute Gasteiger partial charge is 0.444 e. The molecule has 5 aromatic rings. The molecule has 5 heterocycles. The van der Waals surface area contributed by atoms with Crippen molar-refractivity contribution >= 4 is 50.6 Å². The Morgan fingerprint density at radius 3 is 2.52 bits per heavy atom. The molecule has 2 aromatic carbocycles. The van der Waals surface area contributed by atoms with E-state index in [1.54, 1.807) is 4.90 Å². The number of aromatic nitrogens is 5. The molecule has 0 bridgehead atoms. The second-order valence-electron chi connectivity index (χ2n) is 14.7. The molecule has 0 spiro atoms. The molecular weight excluding hydrogens is 654 g/mol. The molecule has 3 atom stereocenters. The fourth-order valence-corrected chi connectivity index (χ4v) is 8.30. The molecule has 2 aliphatic rings. The monoisotopic (exact) mass is 697 g/mol. The fraction of sp³-hybridized carbons (Fsp3) is 0.500. The summed E-state index contributed by atoms with van der Waals surface area (Å²) in [6.07, 6.45) is 9.39. The topological polar surface area (TPSA) is 111 Å². The second kappa shape index (κ2) is 13.2. The number of carbonyl (C=O) groups excluding carboxylic acids is 1. The molecule has 12 heteroatoms. The molecule has 2 aliphatic heterocycles. The Bertz CT molecular complexity index is 2170. The van der Waals surface area contributed by atoms with E-state index in [1.807, 2.05) is 68.7 Å². The number of rotatable bonds is 5. The van der Waals surface area contributed by atoms with Gasteiger partial charge in [0.15, 0.2) is 12.0 Å². The minimum absolute atomic E-state index is 0.112. The van der Waals surface area contributed by atoms with Gasteiger partial charge in [0.25, 0.3) is 0 Å². The number of nitriles is 1. The molecule has 262 valence electrons. The number of hydrogen-bond donors (Lipinski definition) is 0. The first-order chi connectivity index (χ1) is 23.9. The van der Waals surface area contributed by atoms with Gasteiger partial charge in [-0.2, -0.15) is 15.5 Å². The lowest BCUT2D eigenvalue weighted by Gasteiger charge is -2.39. The van der Waals surface area contributed by atoms with Gasteiger partial charge >= 0.3 is 6.09 Å². The molecule has 3 aromatic heterocycles. The van der Waals surface area contributed by atoms with Gasteiger partial charge in [-0.3, -0.25) is 4.68 Å². The molecule has 50 heavy (non-hydrogen) atoms. The highest BCUT2D eigenvalue weighted by molar-refractivity contribution is 7.98. The SMILES string of the molecule is CSc1nc2c(F)c(-c3c(C)c(C)cc4c3cnn4C3CCCCO3)c(C)cc2c2c1cnn2[C@H]1CCN(C(=O)OC(C)(C)C)[C@H](CC#N)C1. The third kappa shape index (κ3) is 5.88. The van der Waals surface area contributed by atoms with Crippen molar-refractivity contribution in [2.24, 2.45) is 0 Å². The van der Waals surface area contributed by atoms with E-state index in [4.69, 9.17) is 24.7 Å². The molecule has 0 radical (unpaired) electrons. The van der Waals surface area contributed by atoms with Crippen LogP contribution < -0.4 is 0 Å². The van der Waals surface area contributed by atoms with Crippen LogP contribution in [0.3, 0.4) is 0 Å². The zero-order chi connectivity index (χ0) is 35.5. The lowest BCUT2D eigenvalue weighted by molar-refractivity contribution is -0.0366. The average molecular weight is 698 g/mol. The van der Waals surface area contributed by atoms with E-state index in [0.29, 0.717) is 47.5 Å². The molecule has 1 unspecified atom stereocenters. The van der Waals surface area contributed by atoms with Gasteiger partial charge in [-0.05, 0) is 114 Å². The standard InChI is InChI=1S/C38H44FN7O3S/c1-21-17-29-27(19-42-46(29)30-10-8-9-15-48-30)32(23(21)3)31-22(2)16-26-34(33(31)39)43-36(50-7)28-20-41-45(35(26)28)25-12-14-44(24(18-25)11-13-40)37(47)49-38(4,5)6/h16-17,19-20,24-25,30H,8-12,14-15,18H2,1-7H3/t24-,25+,30?/m1/s1. The number of aryl methyl sites for hydroxylation is 2. The molecule has 2 fully saturated rings. The number of pyridine rings is 1. The normalized spacial score (nSPS) is 20.1. The van der Waals surface area contributed by atoms with Crippen LogP contribution in [0.15, 0.2) is 29.6 Å². The minimum atomic E-state index is -0.642. The smallest absolute Gasteiger partial charge is 0.410 e. The highest BCUT2D eigenvalue weighted by atomic mass is 32.2. The zero-order valence-corrected chi connectivity index (χ0v) is 30.7. The van der Waals surface area contributed by atoms with Crippen LogP contribution in [0.25, 0.3) is 43.8 Å². The van der Waals surface area contributed by atoms with Crippen LogP contribution >= 0.6 is 11.8 Å². The maximum atomic E-state index is 17.3. The summed E-state index contributed by atoms with van der Waals surface area (Å²) in [6, 6.07) is 5.98. The Kier molecular flexibility index (Phi) is 9.01. The number of piperidine rings is 1. The Labute approximate surface area is 295 Å². The minimum Gasteiger partial charge on any atom is -0.444 e. The maximum absolute atomic E-state index is 17.3. The van der Waals surface area contributed by atoms with Gasteiger partial charge in [-0.15, -0.1) is 11.8 Å². The van der Waals surface area contributed by atoms with Crippen molar-refractivity contribution < 1.29 is 18.7 Å². The summed E-state index contributed by atoms with van der Waals surface area (Å²) in [5, 5.41) is 22.4. The summed E-state index contributed by atoms with van der Waals surface area (Å²) >= 11 is 1.46. The second-order valence-corrected chi connectivity index (χ2v) is 15.5. The van der Waals surface area contributed by atoms with Crippen LogP contribution in [0.4, 0.5) is 9.18 Å². The van der Waals surface area contributed by atoms with Gasteiger partial charge < -0.3 is 14.4 Å². The van der Waals surface area contributed by atoms with Crippen LogP contribution in [-0.2, 0) is 9.47 Å². The third-order valence-corrected chi connectivity index (χ3v) is 10.9. The first kappa shape index (κ1) is 34.2. The van der Waals surface area contributed by atoms with Crippen molar-refractivity contribution in [3.05, 3.63) is 47.0 Å². The number of nitrogens with zero attached hydrogens (tertiary/aromatic N) is 7. The lowest BCUT2D eigenvalue weighted by Crippen LogP contribution is -2.48. The van der Waals surface area contributed by atoms with Crippen LogP contribution in [0.5, 0.6) is 0 Å². The van der Waals surface area contributed by atoms with Crippen molar-refractivity contribution in [2.45, 2.75) is 109 Å². The van der Waals surface area contributed by atoms with E-state index < -0.39 is 11.7 Å². The van der Waals surface area contributed by atoms with E-state index in [2.05, 4.69) is 19.1 Å². The Balaban J connectivity index is 1.36.